The number of rotatable bonds is 6. The van der Waals surface area contributed by atoms with Crippen molar-refractivity contribution in [2.24, 2.45) is 0 Å². The summed E-state index contributed by atoms with van der Waals surface area (Å²) in [7, 11) is 1.65. The minimum atomic E-state index is 0.523. The van der Waals surface area contributed by atoms with Crippen LogP contribution in [0.2, 0.25) is 0 Å². The average Bonchev–Trinajstić information content (AvgIpc) is 2.60. The zero-order valence-corrected chi connectivity index (χ0v) is 8.01. The van der Waals surface area contributed by atoms with E-state index in [2.05, 4.69) is 0 Å². The highest BCUT2D eigenvalue weighted by molar-refractivity contribution is 5.24. The second kappa shape index (κ2) is 5.65. The molecule has 13 heavy (non-hydrogen) atoms. The topological polar surface area (TPSA) is 46.2 Å². The normalized spacial score (nSPS) is 10.3. The second-order valence-corrected chi connectivity index (χ2v) is 2.97. The number of methoxy groups -OCH3 is 1. The van der Waals surface area contributed by atoms with Gasteiger partial charge in [-0.3, -0.25) is 0 Å². The molecular formula is C10H16NO2-. The van der Waals surface area contributed by atoms with E-state index in [0.717, 1.165) is 37.2 Å². The monoisotopic (exact) mass is 182 g/mol. The van der Waals surface area contributed by atoms with Crippen molar-refractivity contribution in [2.75, 3.05) is 13.7 Å². The zero-order chi connectivity index (χ0) is 9.52. The summed E-state index contributed by atoms with van der Waals surface area (Å²) in [5.41, 5.74) is 6.99. The summed E-state index contributed by atoms with van der Waals surface area (Å²) < 4.78 is 10.4. The average molecular weight is 182 g/mol. The van der Waals surface area contributed by atoms with Gasteiger partial charge in [0.1, 0.15) is 5.76 Å². The standard InChI is InChI=1S/C10H16NO2/c1-12-9-6-8-13-10(9)5-3-2-4-7-11/h6,8,11H,2-5,7H2,1H3/q-1. The van der Waals surface area contributed by atoms with Crippen molar-refractivity contribution in [1.29, 1.82) is 0 Å². The van der Waals surface area contributed by atoms with Gasteiger partial charge in [-0.25, -0.2) is 0 Å². The number of furan rings is 1. The van der Waals surface area contributed by atoms with Gasteiger partial charge in [-0.15, -0.1) is 0 Å². The Morgan fingerprint density at radius 2 is 2.23 bits per heavy atom. The SMILES string of the molecule is COc1ccoc1CCCCC[NH-]. The van der Waals surface area contributed by atoms with Crippen LogP contribution in [0.3, 0.4) is 0 Å². The van der Waals surface area contributed by atoms with E-state index in [9.17, 15) is 0 Å². The fourth-order valence-corrected chi connectivity index (χ4v) is 1.28. The molecule has 0 bridgehead atoms. The Hall–Kier alpha value is -0.960. The van der Waals surface area contributed by atoms with Gasteiger partial charge < -0.3 is 14.9 Å². The molecule has 0 radical (unpaired) electrons. The first-order chi connectivity index (χ1) is 6.38. The Morgan fingerprint density at radius 1 is 1.38 bits per heavy atom. The van der Waals surface area contributed by atoms with Crippen LogP contribution in [0.25, 0.3) is 5.73 Å². The molecule has 1 N–H and O–H groups in total. The highest BCUT2D eigenvalue weighted by Gasteiger charge is 2.04. The van der Waals surface area contributed by atoms with Crippen molar-refractivity contribution < 1.29 is 9.15 Å². The van der Waals surface area contributed by atoms with Crippen molar-refractivity contribution in [3.05, 3.63) is 23.8 Å². The molecule has 1 rings (SSSR count). The molecule has 0 unspecified atom stereocenters. The van der Waals surface area contributed by atoms with Crippen molar-refractivity contribution >= 4 is 0 Å². The van der Waals surface area contributed by atoms with Gasteiger partial charge in [0, 0.05) is 12.5 Å². The van der Waals surface area contributed by atoms with Crippen LogP contribution in [0, 0.1) is 0 Å². The fraction of sp³-hybridized carbons (Fsp3) is 0.600. The second-order valence-electron chi connectivity index (χ2n) is 2.97. The molecule has 1 aromatic rings. The molecule has 0 aromatic carbocycles. The Morgan fingerprint density at radius 3 is 2.92 bits per heavy atom. The van der Waals surface area contributed by atoms with Gasteiger partial charge in [0.25, 0.3) is 0 Å². The maximum absolute atomic E-state index is 6.99. The van der Waals surface area contributed by atoms with Gasteiger partial charge in [0.05, 0.1) is 13.4 Å². The third-order valence-corrected chi connectivity index (χ3v) is 2.01. The maximum Gasteiger partial charge on any atom is 0.160 e. The van der Waals surface area contributed by atoms with Crippen molar-refractivity contribution in [1.82, 2.24) is 0 Å². The predicted molar refractivity (Wildman–Crippen MR) is 52.0 cm³/mol. The molecule has 0 spiro atoms. The van der Waals surface area contributed by atoms with Crippen molar-refractivity contribution in [3.63, 3.8) is 0 Å². The van der Waals surface area contributed by atoms with Crippen molar-refractivity contribution in [3.8, 4) is 5.75 Å². The van der Waals surface area contributed by atoms with Crippen molar-refractivity contribution in [2.45, 2.75) is 25.7 Å². The smallest absolute Gasteiger partial charge is 0.160 e. The van der Waals surface area contributed by atoms with Gasteiger partial charge in [-0.05, 0) is 6.42 Å². The summed E-state index contributed by atoms with van der Waals surface area (Å²) in [6.07, 6.45) is 5.70. The first-order valence-electron chi connectivity index (χ1n) is 4.63. The van der Waals surface area contributed by atoms with Gasteiger partial charge in [-0.1, -0.05) is 12.8 Å². The van der Waals surface area contributed by atoms with Gasteiger partial charge in [0.15, 0.2) is 5.75 Å². The summed E-state index contributed by atoms with van der Waals surface area (Å²) in [5.74, 6) is 1.76. The first kappa shape index (κ1) is 10.1. The summed E-state index contributed by atoms with van der Waals surface area (Å²) in [4.78, 5) is 0. The van der Waals surface area contributed by atoms with E-state index >= 15 is 0 Å². The van der Waals surface area contributed by atoms with Crippen LogP contribution >= 0.6 is 0 Å². The number of nitrogens with one attached hydrogen (secondary N) is 1. The molecule has 1 heterocycles. The molecule has 74 valence electrons. The van der Waals surface area contributed by atoms with E-state index in [0.29, 0.717) is 6.54 Å². The lowest BCUT2D eigenvalue weighted by atomic mass is 10.1. The summed E-state index contributed by atoms with van der Waals surface area (Å²) >= 11 is 0. The minimum absolute atomic E-state index is 0.523. The lowest BCUT2D eigenvalue weighted by Gasteiger charge is -2.02. The van der Waals surface area contributed by atoms with Crippen LogP contribution in [0.15, 0.2) is 16.7 Å². The molecule has 0 aliphatic heterocycles. The molecule has 0 aliphatic rings. The largest absolute Gasteiger partial charge is 0.677 e. The van der Waals surface area contributed by atoms with E-state index in [1.54, 1.807) is 13.4 Å². The van der Waals surface area contributed by atoms with Gasteiger partial charge in [0.2, 0.25) is 0 Å². The number of ether oxygens (including phenoxy) is 1. The van der Waals surface area contributed by atoms with E-state index in [4.69, 9.17) is 14.9 Å². The zero-order valence-electron chi connectivity index (χ0n) is 8.01. The number of aryl methyl sites for hydroxylation is 1. The third-order valence-electron chi connectivity index (χ3n) is 2.01. The lowest BCUT2D eigenvalue weighted by Crippen LogP contribution is -1.89. The summed E-state index contributed by atoms with van der Waals surface area (Å²) in [6.45, 7) is 0.523. The molecule has 0 fully saturated rings. The fourth-order valence-electron chi connectivity index (χ4n) is 1.28. The summed E-state index contributed by atoms with van der Waals surface area (Å²) in [5, 5.41) is 0. The third kappa shape index (κ3) is 3.11. The summed E-state index contributed by atoms with van der Waals surface area (Å²) in [6, 6.07) is 1.83. The maximum atomic E-state index is 6.99. The van der Waals surface area contributed by atoms with Crippen LogP contribution in [-0.4, -0.2) is 13.7 Å². The first-order valence-corrected chi connectivity index (χ1v) is 4.63. The van der Waals surface area contributed by atoms with E-state index in [-0.39, 0.29) is 0 Å². The Balaban J connectivity index is 2.27. The number of hydrogen-bond donors (Lipinski definition) is 0. The Kier molecular flexibility index (Phi) is 4.40. The molecule has 0 saturated heterocycles. The van der Waals surface area contributed by atoms with E-state index < -0.39 is 0 Å². The molecule has 3 heteroatoms. The van der Waals surface area contributed by atoms with E-state index in [1.807, 2.05) is 6.07 Å². The molecular weight excluding hydrogens is 166 g/mol. The molecule has 0 aliphatic carbocycles. The highest BCUT2D eigenvalue weighted by Crippen LogP contribution is 2.21. The van der Waals surface area contributed by atoms with Crippen LogP contribution in [-0.2, 0) is 6.42 Å². The van der Waals surface area contributed by atoms with Crippen LogP contribution in [0.5, 0.6) is 5.75 Å². The lowest BCUT2D eigenvalue weighted by molar-refractivity contribution is 0.388. The molecule has 0 saturated carbocycles. The minimum Gasteiger partial charge on any atom is -0.677 e. The Labute approximate surface area is 78.9 Å². The number of hydrogen-bond acceptors (Lipinski definition) is 2. The van der Waals surface area contributed by atoms with Crippen LogP contribution in [0.1, 0.15) is 25.0 Å². The number of unbranched alkanes of at least 4 members (excludes halogenated alkanes) is 2. The quantitative estimate of drug-likeness (QED) is 0.635. The highest BCUT2D eigenvalue weighted by atomic mass is 16.5. The molecule has 0 atom stereocenters. The van der Waals surface area contributed by atoms with Gasteiger partial charge in [-0.2, -0.15) is 6.54 Å². The molecule has 0 amide bonds. The predicted octanol–water partition coefficient (Wildman–Crippen LogP) is 3.05. The molecule has 3 nitrogen and oxygen atoms in total. The Bertz CT molecular complexity index is 233. The van der Waals surface area contributed by atoms with Gasteiger partial charge >= 0.3 is 0 Å². The van der Waals surface area contributed by atoms with Crippen LogP contribution < -0.4 is 4.74 Å². The van der Waals surface area contributed by atoms with E-state index in [1.165, 1.54) is 0 Å². The molecule has 1 aromatic heterocycles. The van der Waals surface area contributed by atoms with Crippen LogP contribution in [0.4, 0.5) is 0 Å².